The maximum Gasteiger partial charge on any atom is 0.193 e. The van der Waals surface area contributed by atoms with Crippen LogP contribution in [-0.4, -0.2) is 19.6 Å². The van der Waals surface area contributed by atoms with E-state index in [1.807, 2.05) is 35.6 Å². The highest BCUT2D eigenvalue weighted by molar-refractivity contribution is 7.98. The highest BCUT2D eigenvalue weighted by atomic mass is 32.2. The molecular formula is C17H12F2N4S. The zero-order valence-corrected chi connectivity index (χ0v) is 13.5. The van der Waals surface area contributed by atoms with Gasteiger partial charge in [-0.05, 0) is 36.8 Å². The smallest absolute Gasteiger partial charge is 0.193 e. The Labute approximate surface area is 140 Å². The van der Waals surface area contributed by atoms with E-state index in [0.717, 1.165) is 22.9 Å². The van der Waals surface area contributed by atoms with Gasteiger partial charge >= 0.3 is 0 Å². The van der Waals surface area contributed by atoms with Crippen LogP contribution in [0.4, 0.5) is 8.78 Å². The van der Waals surface area contributed by atoms with Gasteiger partial charge in [-0.15, -0.1) is 10.2 Å². The van der Waals surface area contributed by atoms with Crippen molar-refractivity contribution in [2.24, 2.45) is 0 Å². The second kappa shape index (κ2) is 5.83. The lowest BCUT2D eigenvalue weighted by molar-refractivity contribution is 0.581. The summed E-state index contributed by atoms with van der Waals surface area (Å²) in [5, 5.41) is 9.01. The number of hydrogen-bond donors (Lipinski definition) is 0. The third-order valence-corrected chi connectivity index (χ3v) is 4.68. The minimum atomic E-state index is -0.583. The molecule has 7 heteroatoms. The van der Waals surface area contributed by atoms with E-state index in [1.165, 1.54) is 23.9 Å². The first kappa shape index (κ1) is 15.0. The normalized spacial score (nSPS) is 11.5. The van der Waals surface area contributed by atoms with E-state index in [2.05, 4.69) is 15.2 Å². The van der Waals surface area contributed by atoms with Gasteiger partial charge in [-0.3, -0.25) is 4.40 Å². The highest BCUT2D eigenvalue weighted by Gasteiger charge is 2.13. The van der Waals surface area contributed by atoms with Crippen LogP contribution in [0.3, 0.4) is 0 Å². The Morgan fingerprint density at radius 1 is 1.04 bits per heavy atom. The highest BCUT2D eigenvalue weighted by Crippen LogP contribution is 2.28. The summed E-state index contributed by atoms with van der Waals surface area (Å²) >= 11 is 1.38. The Hall–Kier alpha value is -2.54. The van der Waals surface area contributed by atoms with Gasteiger partial charge in [0.25, 0.3) is 0 Å². The lowest BCUT2D eigenvalue weighted by Gasteiger charge is -2.07. The average molecular weight is 342 g/mol. The fraction of sp³-hybridized carbons (Fsp3) is 0.118. The number of rotatable bonds is 3. The van der Waals surface area contributed by atoms with Crippen LogP contribution in [0.15, 0.2) is 47.5 Å². The fourth-order valence-corrected chi connectivity index (χ4v) is 3.53. The monoisotopic (exact) mass is 342 g/mol. The van der Waals surface area contributed by atoms with Crippen molar-refractivity contribution in [3.05, 3.63) is 65.5 Å². The van der Waals surface area contributed by atoms with Gasteiger partial charge in [0, 0.05) is 11.8 Å². The molecule has 0 spiro atoms. The fourth-order valence-electron chi connectivity index (χ4n) is 2.64. The summed E-state index contributed by atoms with van der Waals surface area (Å²) in [4.78, 5) is 4.63. The maximum absolute atomic E-state index is 13.3. The van der Waals surface area contributed by atoms with E-state index < -0.39 is 11.6 Å². The summed E-state index contributed by atoms with van der Waals surface area (Å²) in [6.07, 6.45) is 0. The van der Waals surface area contributed by atoms with Gasteiger partial charge in [-0.25, -0.2) is 13.8 Å². The molecule has 0 radical (unpaired) electrons. The summed E-state index contributed by atoms with van der Waals surface area (Å²) in [7, 11) is 0. The second-order valence-corrected chi connectivity index (χ2v) is 6.34. The minimum Gasteiger partial charge on any atom is -0.275 e. The Bertz CT molecular complexity index is 1040. The Balaban J connectivity index is 1.78. The summed E-state index contributed by atoms with van der Waals surface area (Å²) in [6, 6.07) is 11.2. The summed E-state index contributed by atoms with van der Waals surface area (Å²) in [6.45, 7) is 1.88. The van der Waals surface area contributed by atoms with Crippen molar-refractivity contribution in [3.63, 3.8) is 0 Å². The molecular weight excluding hydrogens is 330 g/mol. The number of halogens is 2. The predicted octanol–water partition coefficient (Wildman–Crippen LogP) is 4.16. The van der Waals surface area contributed by atoms with Gasteiger partial charge in [0.05, 0.1) is 11.0 Å². The number of aryl methyl sites for hydroxylation is 1. The lowest BCUT2D eigenvalue weighted by Crippen LogP contribution is -1.97. The molecule has 24 heavy (non-hydrogen) atoms. The van der Waals surface area contributed by atoms with Crippen molar-refractivity contribution < 1.29 is 8.78 Å². The largest absolute Gasteiger partial charge is 0.275 e. The molecule has 0 bridgehead atoms. The van der Waals surface area contributed by atoms with Crippen LogP contribution in [0.5, 0.6) is 0 Å². The zero-order chi connectivity index (χ0) is 16.7. The Kier molecular flexibility index (Phi) is 3.65. The molecule has 0 fully saturated rings. The number of thioether (sulfide) groups is 1. The molecule has 0 aliphatic heterocycles. The van der Waals surface area contributed by atoms with E-state index >= 15 is 0 Å². The van der Waals surface area contributed by atoms with Crippen molar-refractivity contribution in [1.82, 2.24) is 19.6 Å². The number of nitrogens with zero attached hydrogens (tertiary/aromatic N) is 4. The first-order valence-electron chi connectivity index (χ1n) is 7.30. The molecule has 2 aromatic carbocycles. The standard InChI is InChI=1S/C17H12F2N4S/c1-10-21-22-16-17(20-14-4-2-3-5-15(14)23(10)16)24-9-11-6-12(18)8-13(19)7-11/h2-8H,9H2,1H3. The van der Waals surface area contributed by atoms with Crippen LogP contribution < -0.4 is 0 Å². The predicted molar refractivity (Wildman–Crippen MR) is 88.9 cm³/mol. The lowest BCUT2D eigenvalue weighted by atomic mass is 10.2. The quantitative estimate of drug-likeness (QED) is 0.525. The third kappa shape index (κ3) is 2.60. The molecule has 4 rings (SSSR count). The van der Waals surface area contributed by atoms with Crippen LogP contribution >= 0.6 is 11.8 Å². The topological polar surface area (TPSA) is 43.1 Å². The molecule has 0 saturated heterocycles. The third-order valence-electron chi connectivity index (χ3n) is 3.66. The van der Waals surface area contributed by atoms with Crippen molar-refractivity contribution >= 4 is 28.4 Å². The van der Waals surface area contributed by atoms with Gasteiger partial charge in [-0.1, -0.05) is 23.9 Å². The van der Waals surface area contributed by atoms with E-state index in [4.69, 9.17) is 0 Å². The van der Waals surface area contributed by atoms with Gasteiger partial charge in [0.1, 0.15) is 22.5 Å². The molecule has 2 aromatic heterocycles. The van der Waals surface area contributed by atoms with E-state index in [1.54, 1.807) is 0 Å². The first-order chi connectivity index (χ1) is 11.6. The summed E-state index contributed by atoms with van der Waals surface area (Å²) in [5.74, 6) is -0.00923. The molecule has 4 aromatic rings. The van der Waals surface area contributed by atoms with Crippen LogP contribution in [-0.2, 0) is 5.75 Å². The van der Waals surface area contributed by atoms with E-state index in [9.17, 15) is 8.78 Å². The molecule has 4 nitrogen and oxygen atoms in total. The number of aromatic nitrogens is 4. The van der Waals surface area contributed by atoms with Gasteiger partial charge in [-0.2, -0.15) is 0 Å². The van der Waals surface area contributed by atoms with Crippen molar-refractivity contribution in [3.8, 4) is 0 Å². The molecule has 0 saturated carbocycles. The van der Waals surface area contributed by atoms with Crippen LogP contribution in [0.1, 0.15) is 11.4 Å². The second-order valence-electron chi connectivity index (χ2n) is 5.38. The number of hydrogen-bond acceptors (Lipinski definition) is 4. The molecule has 0 aliphatic carbocycles. The van der Waals surface area contributed by atoms with Crippen LogP contribution in [0.2, 0.25) is 0 Å². The molecule has 0 amide bonds. The van der Waals surface area contributed by atoms with Crippen LogP contribution in [0.25, 0.3) is 16.7 Å². The van der Waals surface area contributed by atoms with Gasteiger partial charge in [0.2, 0.25) is 0 Å². The molecule has 0 aliphatic rings. The molecule has 0 atom stereocenters. The first-order valence-corrected chi connectivity index (χ1v) is 8.28. The van der Waals surface area contributed by atoms with Crippen molar-refractivity contribution in [1.29, 1.82) is 0 Å². The summed E-state index contributed by atoms with van der Waals surface area (Å²) < 4.78 is 28.6. The number of benzene rings is 2. The Morgan fingerprint density at radius 2 is 1.79 bits per heavy atom. The average Bonchev–Trinajstić information content (AvgIpc) is 2.94. The molecule has 2 heterocycles. The SMILES string of the molecule is Cc1nnc2c(SCc3cc(F)cc(F)c3)nc3ccccc3n12. The zero-order valence-electron chi connectivity index (χ0n) is 12.7. The number of para-hydroxylation sites is 2. The van der Waals surface area contributed by atoms with Crippen molar-refractivity contribution in [2.75, 3.05) is 0 Å². The van der Waals surface area contributed by atoms with Gasteiger partial charge < -0.3 is 0 Å². The van der Waals surface area contributed by atoms with Gasteiger partial charge in [0.15, 0.2) is 5.65 Å². The van der Waals surface area contributed by atoms with E-state index in [0.29, 0.717) is 22.0 Å². The summed E-state index contributed by atoms with van der Waals surface area (Å²) in [5.41, 5.74) is 2.95. The molecule has 0 N–H and O–H groups in total. The molecule has 0 unspecified atom stereocenters. The van der Waals surface area contributed by atoms with Crippen molar-refractivity contribution in [2.45, 2.75) is 17.7 Å². The Morgan fingerprint density at radius 3 is 2.58 bits per heavy atom. The minimum absolute atomic E-state index is 0.390. The molecule has 120 valence electrons. The van der Waals surface area contributed by atoms with E-state index in [-0.39, 0.29) is 0 Å². The van der Waals surface area contributed by atoms with Crippen LogP contribution in [0, 0.1) is 18.6 Å². The maximum atomic E-state index is 13.3. The number of fused-ring (bicyclic) bond motifs is 3.